The van der Waals surface area contributed by atoms with Crippen LogP contribution < -0.4 is 20.1 Å². The molecule has 166 valence electrons. The van der Waals surface area contributed by atoms with Crippen LogP contribution in [0.3, 0.4) is 0 Å². The van der Waals surface area contributed by atoms with Crippen LogP contribution in [0.5, 0.6) is 11.5 Å². The largest absolute Gasteiger partial charge is 0.493 e. The topological polar surface area (TPSA) is 76.7 Å². The minimum atomic E-state index is -0.778. The van der Waals surface area contributed by atoms with E-state index in [-0.39, 0.29) is 11.8 Å². The Kier molecular flexibility index (Phi) is 7.49. The third-order valence-electron chi connectivity index (χ3n) is 5.15. The maximum absolute atomic E-state index is 13.0. The smallest absolute Gasteiger partial charge is 0.253 e. The molecule has 6 nitrogen and oxygen atoms in total. The van der Waals surface area contributed by atoms with E-state index in [4.69, 9.17) is 9.47 Å². The van der Waals surface area contributed by atoms with Crippen LogP contribution in [0.4, 0.5) is 0 Å². The highest BCUT2D eigenvalue weighted by molar-refractivity contribution is 5.98. The second-order valence-electron chi connectivity index (χ2n) is 7.35. The van der Waals surface area contributed by atoms with E-state index in [2.05, 4.69) is 10.6 Å². The Balaban J connectivity index is 1.96. The second-order valence-corrected chi connectivity index (χ2v) is 7.35. The first-order valence-electron chi connectivity index (χ1n) is 10.5. The summed E-state index contributed by atoms with van der Waals surface area (Å²) in [5.41, 5.74) is 3.44. The number of amides is 2. The minimum Gasteiger partial charge on any atom is -0.493 e. The first-order valence-corrected chi connectivity index (χ1v) is 10.5. The molecule has 32 heavy (non-hydrogen) atoms. The van der Waals surface area contributed by atoms with Crippen LogP contribution in [0.2, 0.25) is 0 Å². The van der Waals surface area contributed by atoms with Crippen LogP contribution in [0.1, 0.15) is 50.5 Å². The molecule has 3 rings (SSSR count). The monoisotopic (exact) mass is 432 g/mol. The summed E-state index contributed by atoms with van der Waals surface area (Å²) in [6, 6.07) is 19.9. The molecule has 0 fully saturated rings. The molecule has 0 saturated carbocycles. The first kappa shape index (κ1) is 22.9. The van der Waals surface area contributed by atoms with Gasteiger partial charge in [-0.05, 0) is 61.7 Å². The van der Waals surface area contributed by atoms with Crippen LogP contribution in [0.25, 0.3) is 0 Å². The quantitative estimate of drug-likeness (QED) is 0.511. The molecular weight excluding hydrogens is 404 g/mol. The van der Waals surface area contributed by atoms with Crippen LogP contribution in [-0.2, 0) is 0 Å². The summed E-state index contributed by atoms with van der Waals surface area (Å²) in [7, 11) is 1.56. The summed E-state index contributed by atoms with van der Waals surface area (Å²) >= 11 is 0. The fraction of sp³-hybridized carbons (Fsp3) is 0.231. The predicted molar refractivity (Wildman–Crippen MR) is 124 cm³/mol. The van der Waals surface area contributed by atoms with Crippen LogP contribution >= 0.6 is 0 Å². The molecule has 0 aromatic heterocycles. The van der Waals surface area contributed by atoms with E-state index in [1.807, 2.05) is 57.2 Å². The number of aryl methyl sites for hydroxylation is 2. The Hall–Kier alpha value is -3.80. The van der Waals surface area contributed by atoms with Gasteiger partial charge in [0.2, 0.25) is 0 Å². The highest BCUT2D eigenvalue weighted by Gasteiger charge is 2.22. The first-order chi connectivity index (χ1) is 15.4. The van der Waals surface area contributed by atoms with Gasteiger partial charge in [0.15, 0.2) is 11.5 Å². The standard InChI is InChI=1S/C26H28N2O4/c1-5-32-23-16-19(14-15-22(23)31-4)24(27-25(29)20-12-8-6-10-17(20)2)28-26(30)21-13-9-7-11-18(21)3/h6-16,24H,5H2,1-4H3,(H,27,29)(H,28,30). The Labute approximate surface area is 188 Å². The highest BCUT2D eigenvalue weighted by atomic mass is 16.5. The van der Waals surface area contributed by atoms with Crippen molar-refractivity contribution >= 4 is 11.8 Å². The molecule has 2 N–H and O–H groups in total. The Morgan fingerprint density at radius 3 is 1.81 bits per heavy atom. The molecule has 0 spiro atoms. The third kappa shape index (κ3) is 5.27. The van der Waals surface area contributed by atoms with Gasteiger partial charge in [0.05, 0.1) is 13.7 Å². The van der Waals surface area contributed by atoms with Gasteiger partial charge >= 0.3 is 0 Å². The number of methoxy groups -OCH3 is 1. The Morgan fingerprint density at radius 1 is 0.812 bits per heavy atom. The van der Waals surface area contributed by atoms with Crippen molar-refractivity contribution in [1.29, 1.82) is 0 Å². The molecule has 0 bridgehead atoms. The van der Waals surface area contributed by atoms with Gasteiger partial charge in [-0.15, -0.1) is 0 Å². The molecule has 0 aliphatic carbocycles. The molecule has 0 radical (unpaired) electrons. The number of nitrogens with one attached hydrogen (secondary N) is 2. The van der Waals surface area contributed by atoms with Gasteiger partial charge in [0.1, 0.15) is 6.17 Å². The van der Waals surface area contributed by atoms with Crippen molar-refractivity contribution in [3.63, 3.8) is 0 Å². The average molecular weight is 433 g/mol. The normalized spacial score (nSPS) is 10.5. The van der Waals surface area contributed by atoms with Crippen molar-refractivity contribution in [2.24, 2.45) is 0 Å². The molecule has 0 aliphatic heterocycles. The van der Waals surface area contributed by atoms with Crippen molar-refractivity contribution < 1.29 is 19.1 Å². The lowest BCUT2D eigenvalue weighted by molar-refractivity contribution is 0.0882. The summed E-state index contributed by atoms with van der Waals surface area (Å²) in [6.45, 7) is 6.08. The summed E-state index contributed by atoms with van der Waals surface area (Å²) in [6.07, 6.45) is -0.778. The molecule has 0 aliphatic rings. The molecular formula is C26H28N2O4. The average Bonchev–Trinajstić information content (AvgIpc) is 2.79. The molecule has 0 saturated heterocycles. The zero-order valence-corrected chi connectivity index (χ0v) is 18.8. The zero-order valence-electron chi connectivity index (χ0n) is 18.8. The summed E-state index contributed by atoms with van der Waals surface area (Å²) in [5, 5.41) is 5.90. The molecule has 0 unspecified atom stereocenters. The lowest BCUT2D eigenvalue weighted by Crippen LogP contribution is -2.41. The third-order valence-corrected chi connectivity index (χ3v) is 5.15. The van der Waals surface area contributed by atoms with Crippen molar-refractivity contribution in [2.75, 3.05) is 13.7 Å². The molecule has 3 aromatic carbocycles. The van der Waals surface area contributed by atoms with Crippen LogP contribution in [0.15, 0.2) is 66.7 Å². The van der Waals surface area contributed by atoms with E-state index < -0.39 is 6.17 Å². The number of carbonyl (C=O) groups is 2. The van der Waals surface area contributed by atoms with Crippen molar-refractivity contribution in [2.45, 2.75) is 26.9 Å². The Morgan fingerprint density at radius 2 is 1.34 bits per heavy atom. The lowest BCUT2D eigenvalue weighted by atomic mass is 10.1. The minimum absolute atomic E-state index is 0.285. The van der Waals surface area contributed by atoms with Crippen molar-refractivity contribution in [3.05, 3.63) is 94.5 Å². The number of rotatable bonds is 8. The maximum Gasteiger partial charge on any atom is 0.253 e. The van der Waals surface area contributed by atoms with E-state index in [1.54, 1.807) is 37.4 Å². The molecule has 3 aromatic rings. The summed E-state index contributed by atoms with van der Waals surface area (Å²) in [4.78, 5) is 26.1. The van der Waals surface area contributed by atoms with Gasteiger partial charge in [-0.1, -0.05) is 42.5 Å². The van der Waals surface area contributed by atoms with E-state index in [0.717, 1.165) is 11.1 Å². The number of carbonyl (C=O) groups excluding carboxylic acids is 2. The number of benzene rings is 3. The fourth-order valence-electron chi connectivity index (χ4n) is 3.42. The van der Waals surface area contributed by atoms with Gasteiger partial charge in [-0.2, -0.15) is 0 Å². The van der Waals surface area contributed by atoms with Gasteiger partial charge in [-0.25, -0.2) is 0 Å². The van der Waals surface area contributed by atoms with Crippen LogP contribution in [-0.4, -0.2) is 25.5 Å². The van der Waals surface area contributed by atoms with Gasteiger partial charge in [0, 0.05) is 11.1 Å². The predicted octanol–water partition coefficient (Wildman–Crippen LogP) is 4.57. The molecule has 2 amide bonds. The SMILES string of the molecule is CCOc1cc(C(NC(=O)c2ccccc2C)NC(=O)c2ccccc2C)ccc1OC. The van der Waals surface area contributed by atoms with Crippen molar-refractivity contribution in [1.82, 2.24) is 10.6 Å². The number of hydrogen-bond acceptors (Lipinski definition) is 4. The summed E-state index contributed by atoms with van der Waals surface area (Å²) in [5.74, 6) is 0.538. The summed E-state index contributed by atoms with van der Waals surface area (Å²) < 4.78 is 11.1. The lowest BCUT2D eigenvalue weighted by Gasteiger charge is -2.23. The van der Waals surface area contributed by atoms with E-state index in [9.17, 15) is 9.59 Å². The van der Waals surface area contributed by atoms with Crippen molar-refractivity contribution in [3.8, 4) is 11.5 Å². The van der Waals surface area contributed by atoms with Gasteiger partial charge < -0.3 is 20.1 Å². The molecule has 0 heterocycles. The van der Waals surface area contributed by atoms with E-state index >= 15 is 0 Å². The zero-order chi connectivity index (χ0) is 23.1. The fourth-order valence-corrected chi connectivity index (χ4v) is 3.42. The molecule has 0 atom stereocenters. The maximum atomic E-state index is 13.0. The Bertz CT molecular complexity index is 1050. The second kappa shape index (κ2) is 10.5. The number of hydrogen-bond donors (Lipinski definition) is 2. The van der Waals surface area contributed by atoms with Crippen LogP contribution in [0, 0.1) is 13.8 Å². The van der Waals surface area contributed by atoms with E-state index in [0.29, 0.717) is 34.8 Å². The number of ether oxygens (including phenoxy) is 2. The highest BCUT2D eigenvalue weighted by Crippen LogP contribution is 2.30. The van der Waals surface area contributed by atoms with E-state index in [1.165, 1.54) is 0 Å². The van der Waals surface area contributed by atoms with Gasteiger partial charge in [-0.3, -0.25) is 9.59 Å². The van der Waals surface area contributed by atoms with Gasteiger partial charge in [0.25, 0.3) is 11.8 Å². The molecule has 6 heteroatoms.